The quantitative estimate of drug-likeness (QED) is 0.643. The number of carbonyl (C=O) groups is 1. The summed E-state index contributed by atoms with van der Waals surface area (Å²) >= 11 is 12.5. The summed E-state index contributed by atoms with van der Waals surface area (Å²) in [6.07, 6.45) is 2.06. The van der Waals surface area contributed by atoms with Gasteiger partial charge in [-0.25, -0.2) is 0 Å². The van der Waals surface area contributed by atoms with E-state index >= 15 is 0 Å². The summed E-state index contributed by atoms with van der Waals surface area (Å²) in [5.74, 6) is -0.0999. The zero-order chi connectivity index (χ0) is 18.1. The summed E-state index contributed by atoms with van der Waals surface area (Å²) in [7, 11) is 0. The number of alkyl halides is 2. The fourth-order valence-electron chi connectivity index (χ4n) is 3.95. The van der Waals surface area contributed by atoms with Crippen molar-refractivity contribution in [1.29, 1.82) is 0 Å². The molecule has 2 atom stereocenters. The van der Waals surface area contributed by atoms with Crippen molar-refractivity contribution >= 4 is 52.8 Å². The van der Waals surface area contributed by atoms with E-state index in [1.165, 1.54) is 11.1 Å². The number of carbonyl (C=O) groups excluding carboxylic acids is 1. The van der Waals surface area contributed by atoms with E-state index in [0.29, 0.717) is 0 Å². The van der Waals surface area contributed by atoms with Crippen LogP contribution in [0.25, 0.3) is 0 Å². The summed E-state index contributed by atoms with van der Waals surface area (Å²) in [6, 6.07) is 12.4. The number of halogens is 3. The molecule has 0 bridgehead atoms. The molecule has 0 spiro atoms. The number of hydrogen-bond acceptors (Lipinski definition) is 3. The lowest BCUT2D eigenvalue weighted by atomic mass is 9.84. The SMILES string of the molecule is Cl.O=C(C(CCl)c1ccc2c(c1)NCC2)C(CCl)c1ccc2c(c1)NCC2. The monoisotopic (exact) mass is 424 g/mol. The maximum Gasteiger partial charge on any atom is 0.150 e. The Kier molecular flexibility index (Phi) is 6.56. The van der Waals surface area contributed by atoms with Gasteiger partial charge in [0.15, 0.2) is 0 Å². The predicted octanol–water partition coefficient (Wildman–Crippen LogP) is 4.96. The smallest absolute Gasteiger partial charge is 0.150 e. The maximum absolute atomic E-state index is 13.3. The fraction of sp³-hybridized carbons (Fsp3) is 0.381. The Bertz CT molecular complexity index is 773. The van der Waals surface area contributed by atoms with Crippen molar-refractivity contribution in [2.45, 2.75) is 24.7 Å². The van der Waals surface area contributed by atoms with E-state index in [1.807, 2.05) is 12.1 Å². The van der Waals surface area contributed by atoms with Crippen LogP contribution in [0.3, 0.4) is 0 Å². The summed E-state index contributed by atoms with van der Waals surface area (Å²) in [6.45, 7) is 1.90. The largest absolute Gasteiger partial charge is 0.384 e. The Balaban J connectivity index is 0.00000210. The van der Waals surface area contributed by atoms with Gasteiger partial charge in [-0.05, 0) is 47.2 Å². The number of rotatable bonds is 6. The number of anilines is 2. The average molecular weight is 426 g/mol. The van der Waals surface area contributed by atoms with Crippen LogP contribution < -0.4 is 10.6 Å². The van der Waals surface area contributed by atoms with Gasteiger partial charge in [0.1, 0.15) is 5.78 Å². The van der Waals surface area contributed by atoms with Gasteiger partial charge in [0.05, 0.1) is 11.8 Å². The Morgan fingerprint density at radius 3 is 1.70 bits per heavy atom. The van der Waals surface area contributed by atoms with Crippen molar-refractivity contribution in [3.05, 3.63) is 58.7 Å². The first-order chi connectivity index (χ1) is 12.7. The topological polar surface area (TPSA) is 41.1 Å². The molecule has 0 aliphatic carbocycles. The molecule has 0 fully saturated rings. The van der Waals surface area contributed by atoms with Crippen LogP contribution in [0.5, 0.6) is 0 Å². The minimum Gasteiger partial charge on any atom is -0.384 e. The lowest BCUT2D eigenvalue weighted by Gasteiger charge is -2.21. The molecular formula is C21H23Cl3N2O. The number of ketones is 1. The Morgan fingerprint density at radius 2 is 1.30 bits per heavy atom. The van der Waals surface area contributed by atoms with Gasteiger partial charge < -0.3 is 10.6 Å². The standard InChI is InChI=1S/C21H22Cl2N2O.ClH/c22-11-17(15-3-1-13-5-7-24-19(13)9-15)21(26)18(12-23)16-4-2-14-6-8-25-20(14)10-16;/h1-4,9-10,17-18,24-25H,5-8,11-12H2;1H. The summed E-state index contributed by atoms with van der Waals surface area (Å²) in [5.41, 5.74) is 6.77. The van der Waals surface area contributed by atoms with Crippen LogP contribution in [0.15, 0.2) is 36.4 Å². The van der Waals surface area contributed by atoms with Crippen molar-refractivity contribution in [2.24, 2.45) is 0 Å². The summed E-state index contributed by atoms with van der Waals surface area (Å²) in [5, 5.41) is 6.75. The molecule has 2 N–H and O–H groups in total. The van der Waals surface area contributed by atoms with E-state index in [9.17, 15) is 4.79 Å². The van der Waals surface area contributed by atoms with Crippen molar-refractivity contribution in [2.75, 3.05) is 35.5 Å². The lowest BCUT2D eigenvalue weighted by Crippen LogP contribution is -2.23. The predicted molar refractivity (Wildman–Crippen MR) is 116 cm³/mol. The van der Waals surface area contributed by atoms with Crippen LogP contribution in [0.1, 0.15) is 34.1 Å². The van der Waals surface area contributed by atoms with Crippen molar-refractivity contribution in [3.63, 3.8) is 0 Å². The van der Waals surface area contributed by atoms with Gasteiger partial charge in [-0.1, -0.05) is 24.3 Å². The molecule has 2 heterocycles. The maximum atomic E-state index is 13.3. The highest BCUT2D eigenvalue weighted by Gasteiger charge is 2.30. The third-order valence-corrected chi connectivity index (χ3v) is 6.10. The Hall–Kier alpha value is -1.42. The zero-order valence-corrected chi connectivity index (χ0v) is 17.3. The van der Waals surface area contributed by atoms with E-state index in [-0.39, 0.29) is 41.8 Å². The minimum absolute atomic E-state index is 0. The average Bonchev–Trinajstić information content (AvgIpc) is 3.31. The van der Waals surface area contributed by atoms with E-state index in [4.69, 9.17) is 23.2 Å². The van der Waals surface area contributed by atoms with E-state index in [0.717, 1.165) is 48.4 Å². The molecule has 2 aliphatic rings. The van der Waals surface area contributed by atoms with E-state index in [2.05, 4.69) is 34.9 Å². The fourth-order valence-corrected chi connectivity index (χ4v) is 4.61. The lowest BCUT2D eigenvalue weighted by molar-refractivity contribution is -0.121. The molecule has 0 radical (unpaired) electrons. The second-order valence-electron chi connectivity index (χ2n) is 7.00. The molecule has 2 aromatic carbocycles. The van der Waals surface area contributed by atoms with Gasteiger partial charge in [-0.2, -0.15) is 0 Å². The van der Waals surface area contributed by atoms with Gasteiger partial charge in [-0.3, -0.25) is 4.79 Å². The number of hydrogen-bond donors (Lipinski definition) is 2. The summed E-state index contributed by atoms with van der Waals surface area (Å²) < 4.78 is 0. The first kappa shape index (κ1) is 20.3. The number of nitrogens with one attached hydrogen (secondary N) is 2. The molecule has 0 saturated carbocycles. The molecule has 6 heteroatoms. The highest BCUT2D eigenvalue weighted by molar-refractivity contribution is 6.22. The van der Waals surface area contributed by atoms with Crippen molar-refractivity contribution in [3.8, 4) is 0 Å². The van der Waals surface area contributed by atoms with Gasteiger partial charge >= 0.3 is 0 Å². The second-order valence-corrected chi connectivity index (χ2v) is 7.62. The molecule has 2 unspecified atom stereocenters. The molecule has 2 aliphatic heterocycles. The molecule has 0 aromatic heterocycles. The number of benzene rings is 2. The number of Topliss-reactive ketones (excluding diaryl/α,β-unsaturated/α-hetero) is 1. The minimum atomic E-state index is -0.352. The zero-order valence-electron chi connectivity index (χ0n) is 14.9. The molecule has 144 valence electrons. The van der Waals surface area contributed by atoms with Crippen LogP contribution in [0.2, 0.25) is 0 Å². The van der Waals surface area contributed by atoms with Crippen LogP contribution in [-0.2, 0) is 17.6 Å². The highest BCUT2D eigenvalue weighted by Crippen LogP contribution is 2.34. The van der Waals surface area contributed by atoms with E-state index in [1.54, 1.807) is 0 Å². The Labute approximate surface area is 176 Å². The van der Waals surface area contributed by atoms with Gasteiger partial charge in [0.2, 0.25) is 0 Å². The van der Waals surface area contributed by atoms with Gasteiger partial charge in [-0.15, -0.1) is 35.6 Å². The Morgan fingerprint density at radius 1 is 0.852 bits per heavy atom. The molecule has 2 aromatic rings. The van der Waals surface area contributed by atoms with Crippen LogP contribution in [0.4, 0.5) is 11.4 Å². The first-order valence-electron chi connectivity index (χ1n) is 9.10. The highest BCUT2D eigenvalue weighted by atomic mass is 35.5. The molecule has 4 rings (SSSR count). The molecule has 27 heavy (non-hydrogen) atoms. The van der Waals surface area contributed by atoms with Crippen molar-refractivity contribution in [1.82, 2.24) is 0 Å². The third kappa shape index (κ3) is 3.91. The van der Waals surface area contributed by atoms with Crippen LogP contribution in [0, 0.1) is 0 Å². The molecule has 0 saturated heterocycles. The summed E-state index contributed by atoms with van der Waals surface area (Å²) in [4.78, 5) is 13.3. The van der Waals surface area contributed by atoms with E-state index < -0.39 is 0 Å². The normalized spacial score (nSPS) is 16.4. The van der Waals surface area contributed by atoms with Gasteiger partial charge in [0.25, 0.3) is 0 Å². The first-order valence-corrected chi connectivity index (χ1v) is 10.2. The van der Waals surface area contributed by atoms with Crippen LogP contribution >= 0.6 is 35.6 Å². The van der Waals surface area contributed by atoms with Crippen LogP contribution in [-0.4, -0.2) is 30.6 Å². The third-order valence-electron chi connectivity index (χ3n) is 5.49. The molecule has 0 amide bonds. The van der Waals surface area contributed by atoms with Gasteiger partial charge in [0, 0.05) is 36.2 Å². The number of fused-ring (bicyclic) bond motifs is 2. The second kappa shape index (κ2) is 8.72. The van der Waals surface area contributed by atoms with Crippen molar-refractivity contribution < 1.29 is 4.79 Å². The molecule has 3 nitrogen and oxygen atoms in total. The molecular weight excluding hydrogens is 403 g/mol.